The molecule has 124 valence electrons. The fraction of sp³-hybridized carbons (Fsp3) is 0.647. The van der Waals surface area contributed by atoms with E-state index in [1.54, 1.807) is 0 Å². The number of nitrogens with zero attached hydrogens (tertiary/aromatic N) is 4. The number of hydrogen-bond acceptors (Lipinski definition) is 4. The lowest BCUT2D eigenvalue weighted by atomic mass is 10.00. The van der Waals surface area contributed by atoms with Crippen molar-refractivity contribution in [2.75, 3.05) is 13.2 Å². The van der Waals surface area contributed by atoms with Crippen molar-refractivity contribution in [1.29, 1.82) is 0 Å². The van der Waals surface area contributed by atoms with Crippen LogP contribution >= 0.6 is 0 Å². The maximum atomic E-state index is 5.94. The second kappa shape index (κ2) is 6.09. The van der Waals surface area contributed by atoms with Crippen molar-refractivity contribution < 1.29 is 4.74 Å². The van der Waals surface area contributed by atoms with E-state index in [-0.39, 0.29) is 12.1 Å². The van der Waals surface area contributed by atoms with Gasteiger partial charge in [-0.1, -0.05) is 0 Å². The third kappa shape index (κ3) is 2.81. The summed E-state index contributed by atoms with van der Waals surface area (Å²) in [5.74, 6) is 1.50. The fourth-order valence-corrected chi connectivity index (χ4v) is 3.71. The normalized spacial score (nSPS) is 25.0. The third-order valence-corrected chi connectivity index (χ3v) is 5.14. The first-order chi connectivity index (χ1) is 11.2. The molecule has 6 nitrogen and oxygen atoms in total. The predicted octanol–water partition coefficient (Wildman–Crippen LogP) is 1.99. The van der Waals surface area contributed by atoms with Crippen molar-refractivity contribution in [2.24, 2.45) is 13.0 Å². The number of rotatable bonds is 5. The molecule has 1 fully saturated rings. The summed E-state index contributed by atoms with van der Waals surface area (Å²) in [6.45, 7) is 5.02. The minimum Gasteiger partial charge on any atom is -0.370 e. The molecular formula is C17H25N5O. The van der Waals surface area contributed by atoms with Crippen LogP contribution in [0.3, 0.4) is 0 Å². The second-order valence-electron chi connectivity index (χ2n) is 6.75. The molecule has 0 aliphatic carbocycles. The summed E-state index contributed by atoms with van der Waals surface area (Å²) in [5, 5.41) is 8.37. The van der Waals surface area contributed by atoms with Crippen LogP contribution in [0, 0.1) is 5.92 Å². The van der Waals surface area contributed by atoms with E-state index in [2.05, 4.69) is 32.5 Å². The second-order valence-corrected chi connectivity index (χ2v) is 6.75. The first kappa shape index (κ1) is 14.9. The Kier molecular flexibility index (Phi) is 3.95. The standard InChI is InChI=1S/C17H25N5O/c1-12(15-10-14-4-3-7-22(14)20-15)19-11-13-5-9-23-16(13)17-18-6-8-21(17)2/h6,8,10,12-13,16,19H,3-5,7,9,11H2,1-2H3/t12?,13-,16+/m0/s1. The quantitative estimate of drug-likeness (QED) is 0.917. The lowest BCUT2D eigenvalue weighted by Crippen LogP contribution is -2.28. The van der Waals surface area contributed by atoms with Gasteiger partial charge in [-0.3, -0.25) is 4.68 Å². The average molecular weight is 315 g/mol. The van der Waals surface area contributed by atoms with Crippen LogP contribution < -0.4 is 5.32 Å². The summed E-state index contributed by atoms with van der Waals surface area (Å²) < 4.78 is 10.2. The van der Waals surface area contributed by atoms with Gasteiger partial charge in [-0.05, 0) is 32.3 Å². The molecule has 0 amide bonds. The zero-order valence-electron chi connectivity index (χ0n) is 13.9. The Balaban J connectivity index is 1.38. The maximum absolute atomic E-state index is 5.94. The van der Waals surface area contributed by atoms with E-state index in [9.17, 15) is 0 Å². The molecule has 3 atom stereocenters. The molecule has 2 aromatic rings. The molecule has 2 aliphatic rings. The molecular weight excluding hydrogens is 290 g/mol. The Bertz CT molecular complexity index is 655. The minimum atomic E-state index is 0.0988. The molecule has 0 bridgehead atoms. The molecule has 23 heavy (non-hydrogen) atoms. The Morgan fingerprint density at radius 2 is 2.39 bits per heavy atom. The summed E-state index contributed by atoms with van der Waals surface area (Å²) in [6.07, 6.45) is 7.40. The molecule has 4 heterocycles. The number of ether oxygens (including phenoxy) is 1. The monoisotopic (exact) mass is 315 g/mol. The topological polar surface area (TPSA) is 56.9 Å². The Morgan fingerprint density at radius 1 is 1.48 bits per heavy atom. The van der Waals surface area contributed by atoms with Crippen LogP contribution in [0.15, 0.2) is 18.5 Å². The molecule has 2 aromatic heterocycles. The van der Waals surface area contributed by atoms with Crippen LogP contribution in [-0.4, -0.2) is 32.5 Å². The Labute approximate surface area is 136 Å². The van der Waals surface area contributed by atoms with E-state index in [0.717, 1.165) is 44.1 Å². The van der Waals surface area contributed by atoms with E-state index in [1.165, 1.54) is 12.1 Å². The highest BCUT2D eigenvalue weighted by molar-refractivity contribution is 5.16. The molecule has 0 spiro atoms. The maximum Gasteiger partial charge on any atom is 0.137 e. The number of aryl methyl sites for hydroxylation is 3. The average Bonchev–Trinajstić information content (AvgIpc) is 3.27. The van der Waals surface area contributed by atoms with Gasteiger partial charge >= 0.3 is 0 Å². The summed E-state index contributed by atoms with van der Waals surface area (Å²) in [5.41, 5.74) is 2.54. The number of aromatic nitrogens is 4. The number of fused-ring (bicyclic) bond motifs is 1. The van der Waals surface area contributed by atoms with Crippen LogP contribution in [-0.2, 0) is 24.8 Å². The number of hydrogen-bond donors (Lipinski definition) is 1. The molecule has 1 N–H and O–H groups in total. The molecule has 1 saturated heterocycles. The summed E-state index contributed by atoms with van der Waals surface area (Å²) in [7, 11) is 2.03. The van der Waals surface area contributed by atoms with Crippen LogP contribution in [0.2, 0.25) is 0 Å². The van der Waals surface area contributed by atoms with E-state index < -0.39 is 0 Å². The van der Waals surface area contributed by atoms with Gasteiger partial charge in [0.05, 0.1) is 5.69 Å². The van der Waals surface area contributed by atoms with Crippen molar-refractivity contribution in [3.63, 3.8) is 0 Å². The van der Waals surface area contributed by atoms with Gasteiger partial charge in [0.25, 0.3) is 0 Å². The molecule has 2 aliphatic heterocycles. The molecule has 4 rings (SSSR count). The van der Waals surface area contributed by atoms with Gasteiger partial charge in [0.15, 0.2) is 0 Å². The molecule has 0 saturated carbocycles. The van der Waals surface area contributed by atoms with Gasteiger partial charge in [0.2, 0.25) is 0 Å². The van der Waals surface area contributed by atoms with Crippen molar-refractivity contribution in [1.82, 2.24) is 24.6 Å². The van der Waals surface area contributed by atoms with Gasteiger partial charge in [-0.15, -0.1) is 0 Å². The van der Waals surface area contributed by atoms with Gasteiger partial charge in [0, 0.05) is 56.8 Å². The summed E-state index contributed by atoms with van der Waals surface area (Å²) in [6, 6.07) is 2.53. The summed E-state index contributed by atoms with van der Waals surface area (Å²) >= 11 is 0. The van der Waals surface area contributed by atoms with E-state index in [1.807, 2.05) is 19.4 Å². The van der Waals surface area contributed by atoms with Gasteiger partial charge < -0.3 is 14.6 Å². The highest BCUT2D eigenvalue weighted by atomic mass is 16.5. The SMILES string of the molecule is CC(NC[C@@H]1CCO[C@H]1c1nccn1C)c1cc2n(n1)CCC2. The van der Waals surface area contributed by atoms with E-state index in [0.29, 0.717) is 5.92 Å². The molecule has 6 heteroatoms. The fourth-order valence-electron chi connectivity index (χ4n) is 3.71. The third-order valence-electron chi connectivity index (χ3n) is 5.14. The first-order valence-corrected chi connectivity index (χ1v) is 8.61. The van der Waals surface area contributed by atoms with E-state index >= 15 is 0 Å². The lowest BCUT2D eigenvalue weighted by Gasteiger charge is -2.20. The first-order valence-electron chi connectivity index (χ1n) is 8.61. The predicted molar refractivity (Wildman–Crippen MR) is 87.0 cm³/mol. The highest BCUT2D eigenvalue weighted by Gasteiger charge is 2.32. The molecule has 0 radical (unpaired) electrons. The highest BCUT2D eigenvalue weighted by Crippen LogP contribution is 2.33. The zero-order valence-corrected chi connectivity index (χ0v) is 13.9. The van der Waals surface area contributed by atoms with E-state index in [4.69, 9.17) is 9.84 Å². The van der Waals surface area contributed by atoms with Crippen LogP contribution in [0.4, 0.5) is 0 Å². The smallest absolute Gasteiger partial charge is 0.137 e. The minimum absolute atomic E-state index is 0.0988. The van der Waals surface area contributed by atoms with Gasteiger partial charge in [-0.25, -0.2) is 4.98 Å². The van der Waals surface area contributed by atoms with Crippen molar-refractivity contribution in [3.05, 3.63) is 35.7 Å². The van der Waals surface area contributed by atoms with Gasteiger partial charge in [-0.2, -0.15) is 5.10 Å². The van der Waals surface area contributed by atoms with Crippen molar-refractivity contribution >= 4 is 0 Å². The van der Waals surface area contributed by atoms with Crippen LogP contribution in [0.25, 0.3) is 0 Å². The van der Waals surface area contributed by atoms with Crippen LogP contribution in [0.5, 0.6) is 0 Å². The molecule has 0 aromatic carbocycles. The Hall–Kier alpha value is -1.66. The molecule has 1 unspecified atom stereocenters. The Morgan fingerprint density at radius 3 is 3.17 bits per heavy atom. The van der Waals surface area contributed by atoms with Crippen molar-refractivity contribution in [2.45, 2.75) is 44.9 Å². The summed E-state index contributed by atoms with van der Waals surface area (Å²) in [4.78, 5) is 4.46. The number of imidazole rings is 1. The van der Waals surface area contributed by atoms with Gasteiger partial charge in [0.1, 0.15) is 11.9 Å². The lowest BCUT2D eigenvalue weighted by molar-refractivity contribution is 0.0805. The number of nitrogens with one attached hydrogen (secondary N) is 1. The van der Waals surface area contributed by atoms with Crippen LogP contribution in [0.1, 0.15) is 49.1 Å². The zero-order chi connectivity index (χ0) is 15.8. The van der Waals surface area contributed by atoms with Crippen molar-refractivity contribution in [3.8, 4) is 0 Å². The largest absolute Gasteiger partial charge is 0.370 e.